The van der Waals surface area contributed by atoms with E-state index in [1.807, 2.05) is 18.2 Å². The van der Waals surface area contributed by atoms with Crippen molar-refractivity contribution in [1.29, 1.82) is 0 Å². The molecule has 2 aromatic heterocycles. The first-order valence-electron chi connectivity index (χ1n) is 9.82. The number of hydrogen-bond donors (Lipinski definition) is 3. The molecule has 1 aromatic carbocycles. The van der Waals surface area contributed by atoms with Gasteiger partial charge in [-0.3, -0.25) is 15.0 Å². The zero-order valence-electron chi connectivity index (χ0n) is 16.8. The molecule has 4 rings (SSSR count). The highest BCUT2D eigenvalue weighted by atomic mass is 16.2. The zero-order valence-corrected chi connectivity index (χ0v) is 16.8. The number of anilines is 2. The second-order valence-corrected chi connectivity index (χ2v) is 6.93. The lowest BCUT2D eigenvalue weighted by Gasteiger charge is -2.18. The van der Waals surface area contributed by atoms with Crippen molar-refractivity contribution in [3.05, 3.63) is 59.5 Å². The first-order chi connectivity index (χ1) is 14.6. The quantitative estimate of drug-likeness (QED) is 0.412. The van der Waals surface area contributed by atoms with Crippen molar-refractivity contribution in [2.24, 2.45) is 0 Å². The van der Waals surface area contributed by atoms with Gasteiger partial charge in [-0.25, -0.2) is 14.3 Å². The van der Waals surface area contributed by atoms with E-state index in [0.29, 0.717) is 17.0 Å². The summed E-state index contributed by atoms with van der Waals surface area (Å²) in [4.78, 5) is 30.1. The Morgan fingerprint density at radius 1 is 1.17 bits per heavy atom. The summed E-state index contributed by atoms with van der Waals surface area (Å²) < 4.78 is 1.61. The van der Waals surface area contributed by atoms with Crippen molar-refractivity contribution in [1.82, 2.24) is 30.1 Å². The Bertz CT molecular complexity index is 1130. The van der Waals surface area contributed by atoms with E-state index in [9.17, 15) is 9.59 Å². The van der Waals surface area contributed by atoms with E-state index in [4.69, 9.17) is 0 Å². The van der Waals surface area contributed by atoms with Crippen LogP contribution in [-0.4, -0.2) is 44.5 Å². The number of aromatic nitrogens is 3. The highest BCUT2D eigenvalue weighted by molar-refractivity contribution is 6.14. The SMILES string of the molecule is CCN(CC)Cc1cccc(Nc2ccn3ncc(/C=C4/NC(=O)NC4=O)c3n2)c1. The summed E-state index contributed by atoms with van der Waals surface area (Å²) in [5.41, 5.74) is 3.53. The van der Waals surface area contributed by atoms with E-state index in [0.717, 1.165) is 25.3 Å². The molecule has 3 heterocycles. The van der Waals surface area contributed by atoms with Crippen LogP contribution in [0.3, 0.4) is 0 Å². The van der Waals surface area contributed by atoms with E-state index in [1.165, 1.54) is 5.56 Å². The molecule has 3 N–H and O–H groups in total. The Balaban J connectivity index is 1.58. The van der Waals surface area contributed by atoms with Crippen molar-refractivity contribution in [2.45, 2.75) is 20.4 Å². The van der Waals surface area contributed by atoms with Crippen LogP contribution in [0.4, 0.5) is 16.3 Å². The molecule has 1 aliphatic heterocycles. The number of hydrogen-bond acceptors (Lipinski definition) is 6. The lowest BCUT2D eigenvalue weighted by molar-refractivity contribution is -0.115. The number of benzene rings is 1. The summed E-state index contributed by atoms with van der Waals surface area (Å²) in [5.74, 6) is 0.182. The topological polar surface area (TPSA) is 104 Å². The number of imide groups is 1. The number of fused-ring (bicyclic) bond motifs is 1. The first kappa shape index (κ1) is 19.6. The minimum atomic E-state index is -0.539. The second kappa shape index (κ2) is 8.34. The molecule has 0 spiro atoms. The van der Waals surface area contributed by atoms with Crippen LogP contribution in [0.15, 0.2) is 48.4 Å². The Morgan fingerprint density at radius 2 is 2.00 bits per heavy atom. The lowest BCUT2D eigenvalue weighted by Crippen LogP contribution is -2.22. The van der Waals surface area contributed by atoms with Crippen LogP contribution >= 0.6 is 0 Å². The average molecular weight is 405 g/mol. The number of rotatable bonds is 7. The number of nitrogens with zero attached hydrogens (tertiary/aromatic N) is 4. The van der Waals surface area contributed by atoms with Crippen molar-refractivity contribution < 1.29 is 9.59 Å². The van der Waals surface area contributed by atoms with Gasteiger partial charge >= 0.3 is 6.03 Å². The monoisotopic (exact) mass is 405 g/mol. The largest absolute Gasteiger partial charge is 0.340 e. The average Bonchev–Trinajstić information content (AvgIpc) is 3.28. The summed E-state index contributed by atoms with van der Waals surface area (Å²) in [6.45, 7) is 7.21. The van der Waals surface area contributed by atoms with Gasteiger partial charge in [0.15, 0.2) is 5.65 Å². The third-order valence-electron chi connectivity index (χ3n) is 4.92. The molecular formula is C21H23N7O2. The van der Waals surface area contributed by atoms with Crippen LogP contribution in [0.1, 0.15) is 25.0 Å². The fourth-order valence-corrected chi connectivity index (χ4v) is 3.30. The van der Waals surface area contributed by atoms with E-state index >= 15 is 0 Å². The summed E-state index contributed by atoms with van der Waals surface area (Å²) in [7, 11) is 0. The standard InChI is InChI=1S/C21H23N7O2/c1-3-27(4-2)13-14-6-5-7-16(10-14)23-18-8-9-28-19(25-18)15(12-22-28)11-17-20(29)26-21(30)24-17/h5-12H,3-4,13H2,1-2H3,(H,23,25)(H2,24,26,29,30)/b17-11+. The molecule has 154 valence electrons. The minimum Gasteiger partial charge on any atom is -0.340 e. The van der Waals surface area contributed by atoms with Crippen molar-refractivity contribution in [2.75, 3.05) is 18.4 Å². The van der Waals surface area contributed by atoms with Gasteiger partial charge in [0, 0.05) is 24.0 Å². The third-order valence-corrected chi connectivity index (χ3v) is 4.92. The number of urea groups is 1. The van der Waals surface area contributed by atoms with Crippen molar-refractivity contribution >= 4 is 35.2 Å². The molecular weight excluding hydrogens is 382 g/mol. The molecule has 9 heteroatoms. The normalized spacial score (nSPS) is 15.1. The van der Waals surface area contributed by atoms with Crippen LogP contribution in [0.5, 0.6) is 0 Å². The van der Waals surface area contributed by atoms with Crippen LogP contribution in [0.2, 0.25) is 0 Å². The zero-order chi connectivity index (χ0) is 21.1. The lowest BCUT2D eigenvalue weighted by atomic mass is 10.2. The fourth-order valence-electron chi connectivity index (χ4n) is 3.30. The van der Waals surface area contributed by atoms with Gasteiger partial charge in [0.2, 0.25) is 0 Å². The molecule has 9 nitrogen and oxygen atoms in total. The Morgan fingerprint density at radius 3 is 2.73 bits per heavy atom. The van der Waals surface area contributed by atoms with Gasteiger partial charge < -0.3 is 10.6 Å². The highest BCUT2D eigenvalue weighted by Gasteiger charge is 2.23. The number of carbonyl (C=O) groups excluding carboxylic acids is 2. The summed E-state index contributed by atoms with van der Waals surface area (Å²) in [6.07, 6.45) is 4.95. The molecule has 1 aliphatic rings. The molecule has 0 saturated carbocycles. The maximum Gasteiger partial charge on any atom is 0.326 e. The summed E-state index contributed by atoms with van der Waals surface area (Å²) in [6, 6.07) is 9.54. The molecule has 1 saturated heterocycles. The van der Waals surface area contributed by atoms with E-state index < -0.39 is 11.9 Å². The van der Waals surface area contributed by atoms with Crippen molar-refractivity contribution in [3.63, 3.8) is 0 Å². The fraction of sp³-hybridized carbons (Fsp3) is 0.238. The summed E-state index contributed by atoms with van der Waals surface area (Å²) >= 11 is 0. The van der Waals surface area contributed by atoms with E-state index in [1.54, 1.807) is 23.0 Å². The van der Waals surface area contributed by atoms with Gasteiger partial charge in [-0.15, -0.1) is 0 Å². The molecule has 0 radical (unpaired) electrons. The van der Waals surface area contributed by atoms with Gasteiger partial charge in [-0.2, -0.15) is 5.10 Å². The van der Waals surface area contributed by atoms with Gasteiger partial charge in [0.05, 0.1) is 6.20 Å². The molecule has 0 unspecified atom stereocenters. The van der Waals surface area contributed by atoms with Crippen molar-refractivity contribution in [3.8, 4) is 0 Å². The molecule has 0 atom stereocenters. The Hall–Kier alpha value is -3.72. The van der Waals surface area contributed by atoms with Crippen LogP contribution in [0, 0.1) is 0 Å². The summed E-state index contributed by atoms with van der Waals surface area (Å²) in [5, 5.41) is 12.2. The molecule has 3 amide bonds. The van der Waals surface area contributed by atoms with Crippen LogP contribution in [-0.2, 0) is 11.3 Å². The number of nitrogens with one attached hydrogen (secondary N) is 3. The molecule has 3 aromatic rings. The first-order valence-corrected chi connectivity index (χ1v) is 9.82. The van der Waals surface area contributed by atoms with E-state index in [-0.39, 0.29) is 5.70 Å². The maximum atomic E-state index is 11.8. The molecule has 1 fully saturated rings. The molecule has 0 aliphatic carbocycles. The molecule has 0 bridgehead atoms. The number of carbonyl (C=O) groups is 2. The Labute approximate surface area is 173 Å². The highest BCUT2D eigenvalue weighted by Crippen LogP contribution is 2.20. The minimum absolute atomic E-state index is 0.166. The second-order valence-electron chi connectivity index (χ2n) is 6.93. The smallest absolute Gasteiger partial charge is 0.326 e. The Kier molecular flexibility index (Phi) is 5.44. The maximum absolute atomic E-state index is 11.8. The van der Waals surface area contributed by atoms with Gasteiger partial charge in [-0.05, 0) is 42.9 Å². The van der Waals surface area contributed by atoms with Gasteiger partial charge in [-0.1, -0.05) is 26.0 Å². The van der Waals surface area contributed by atoms with E-state index in [2.05, 4.69) is 56.9 Å². The van der Waals surface area contributed by atoms with Crippen LogP contribution < -0.4 is 16.0 Å². The molecule has 30 heavy (non-hydrogen) atoms. The van der Waals surface area contributed by atoms with Gasteiger partial charge in [0.1, 0.15) is 11.5 Å². The van der Waals surface area contributed by atoms with Gasteiger partial charge in [0.25, 0.3) is 5.91 Å². The van der Waals surface area contributed by atoms with Crippen LogP contribution in [0.25, 0.3) is 11.7 Å². The third kappa shape index (κ3) is 4.15. The predicted octanol–water partition coefficient (Wildman–Crippen LogP) is 2.50. The predicted molar refractivity (Wildman–Crippen MR) is 114 cm³/mol. The number of amides is 3.